The Bertz CT molecular complexity index is 325. The van der Waals surface area contributed by atoms with Crippen LogP contribution in [0.3, 0.4) is 0 Å². The number of amides is 1. The van der Waals surface area contributed by atoms with E-state index in [9.17, 15) is 14.4 Å². The molecule has 0 rings (SSSR count). The lowest BCUT2D eigenvalue weighted by molar-refractivity contribution is -0.217. The van der Waals surface area contributed by atoms with E-state index in [4.69, 9.17) is 10.6 Å². The molecule has 1 atom stereocenters. The van der Waals surface area contributed by atoms with E-state index in [-0.39, 0.29) is 19.5 Å². The van der Waals surface area contributed by atoms with Gasteiger partial charge in [0.25, 0.3) is 0 Å². The van der Waals surface area contributed by atoms with Crippen LogP contribution < -0.4 is 5.73 Å². The summed E-state index contributed by atoms with van der Waals surface area (Å²) in [6.45, 7) is 6.77. The van der Waals surface area contributed by atoms with Crippen LogP contribution in [0.4, 0.5) is 0 Å². The fourth-order valence-corrected chi connectivity index (χ4v) is 1.31. The fourth-order valence-electron chi connectivity index (χ4n) is 1.31. The summed E-state index contributed by atoms with van der Waals surface area (Å²) < 4.78 is 4.46. The van der Waals surface area contributed by atoms with Crippen LogP contribution in [0.1, 0.15) is 34.1 Å². The van der Waals surface area contributed by atoms with Gasteiger partial charge in [0.15, 0.2) is 0 Å². The van der Waals surface area contributed by atoms with Crippen LogP contribution in [-0.4, -0.2) is 42.1 Å². The Labute approximate surface area is 113 Å². The van der Waals surface area contributed by atoms with E-state index in [0.29, 0.717) is 6.41 Å². The maximum Gasteiger partial charge on any atom is 0.317 e. The van der Waals surface area contributed by atoms with Crippen LogP contribution in [0.2, 0.25) is 0 Å². The van der Waals surface area contributed by atoms with Gasteiger partial charge in [0.05, 0.1) is 11.5 Å². The molecule has 0 aliphatic heterocycles. The number of hydrogen-bond donors (Lipinski definition) is 1. The molecular weight excluding hydrogens is 252 g/mol. The van der Waals surface area contributed by atoms with Gasteiger partial charge in [0, 0.05) is 20.0 Å². The van der Waals surface area contributed by atoms with Gasteiger partial charge in [0.1, 0.15) is 0 Å². The summed E-state index contributed by atoms with van der Waals surface area (Å²) in [6, 6.07) is 0. The van der Waals surface area contributed by atoms with Gasteiger partial charge in [-0.25, -0.2) is 5.06 Å². The van der Waals surface area contributed by atoms with Crippen molar-refractivity contribution < 1.29 is 24.0 Å². The van der Waals surface area contributed by atoms with Gasteiger partial charge in [-0.3, -0.25) is 19.2 Å². The Hall–Kier alpha value is -1.47. The molecule has 0 aromatic rings. The van der Waals surface area contributed by atoms with Crippen molar-refractivity contribution in [2.24, 2.45) is 11.7 Å². The topological polar surface area (TPSA) is 98.9 Å². The van der Waals surface area contributed by atoms with Crippen molar-refractivity contribution in [2.75, 3.05) is 13.1 Å². The molecule has 7 heteroatoms. The Morgan fingerprint density at radius 3 is 2.32 bits per heavy atom. The minimum absolute atomic E-state index is 0.0360. The molecule has 0 spiro atoms. The summed E-state index contributed by atoms with van der Waals surface area (Å²) in [5.41, 5.74) is 4.93. The molecule has 1 amide bonds. The molecule has 0 saturated carbocycles. The summed E-state index contributed by atoms with van der Waals surface area (Å²) in [6.07, 6.45) is 0.798. The van der Waals surface area contributed by atoms with E-state index < -0.39 is 23.5 Å². The predicted octanol–water partition coefficient (Wildman–Crippen LogP) is 0.230. The molecule has 0 aliphatic carbocycles. The van der Waals surface area contributed by atoms with Crippen molar-refractivity contribution in [2.45, 2.75) is 39.7 Å². The molecule has 0 aromatic heterocycles. The van der Waals surface area contributed by atoms with Gasteiger partial charge in [0.2, 0.25) is 6.41 Å². The Kier molecular flexibility index (Phi) is 7.25. The van der Waals surface area contributed by atoms with Gasteiger partial charge < -0.3 is 10.5 Å². The Balaban J connectivity index is 4.35. The quantitative estimate of drug-likeness (QED) is 0.309. The van der Waals surface area contributed by atoms with Gasteiger partial charge >= 0.3 is 11.9 Å². The molecule has 7 nitrogen and oxygen atoms in total. The lowest BCUT2D eigenvalue weighted by Crippen LogP contribution is -2.36. The molecule has 1 unspecified atom stereocenters. The molecule has 110 valence electrons. The lowest BCUT2D eigenvalue weighted by Gasteiger charge is -2.27. The monoisotopic (exact) mass is 274 g/mol. The van der Waals surface area contributed by atoms with Gasteiger partial charge in [-0.1, -0.05) is 0 Å². The van der Waals surface area contributed by atoms with Crippen molar-refractivity contribution in [3.63, 3.8) is 0 Å². The summed E-state index contributed by atoms with van der Waals surface area (Å²) in [4.78, 5) is 38.4. The summed E-state index contributed by atoms with van der Waals surface area (Å²) in [5.74, 6) is -2.01. The third-order valence-electron chi connectivity index (χ3n) is 2.07. The van der Waals surface area contributed by atoms with Gasteiger partial charge in [-0.15, -0.1) is 0 Å². The first kappa shape index (κ1) is 17.5. The molecule has 0 bridgehead atoms. The largest absolute Gasteiger partial charge is 0.393 e. The van der Waals surface area contributed by atoms with Crippen molar-refractivity contribution in [1.82, 2.24) is 5.06 Å². The highest BCUT2D eigenvalue weighted by Crippen LogP contribution is 2.11. The minimum atomic E-state index is -0.684. The molecule has 0 aromatic carbocycles. The fraction of sp³-hybridized carbons (Fsp3) is 0.750. The highest BCUT2D eigenvalue weighted by Gasteiger charge is 2.22. The summed E-state index contributed by atoms with van der Waals surface area (Å²) >= 11 is 0. The molecular formula is C12H22N2O5. The number of hydrogen-bond acceptors (Lipinski definition) is 6. The molecule has 0 fully saturated rings. The number of rotatable bonds is 7. The highest BCUT2D eigenvalue weighted by atomic mass is 16.7. The first-order valence-corrected chi connectivity index (χ1v) is 6.03. The number of nitrogens with zero attached hydrogens (tertiary/aromatic N) is 1. The van der Waals surface area contributed by atoms with Crippen LogP contribution in [0, 0.1) is 5.92 Å². The molecule has 19 heavy (non-hydrogen) atoms. The molecule has 2 N–H and O–H groups in total. The second kappa shape index (κ2) is 7.85. The van der Waals surface area contributed by atoms with E-state index in [1.54, 1.807) is 20.8 Å². The summed E-state index contributed by atoms with van der Waals surface area (Å²) in [5, 5.41) is 1.10. The Morgan fingerprint density at radius 2 is 1.95 bits per heavy atom. The SMILES string of the molecule is CC(=O)OC(=O)C(CN)CCN(C=O)OC(C)(C)C. The zero-order valence-electron chi connectivity index (χ0n) is 11.8. The molecule has 0 radical (unpaired) electrons. The third kappa shape index (κ3) is 8.28. The number of esters is 2. The van der Waals surface area contributed by atoms with Crippen LogP contribution in [0.5, 0.6) is 0 Å². The van der Waals surface area contributed by atoms with Crippen molar-refractivity contribution >= 4 is 18.3 Å². The van der Waals surface area contributed by atoms with Gasteiger partial charge in [-0.2, -0.15) is 0 Å². The third-order valence-corrected chi connectivity index (χ3v) is 2.07. The summed E-state index contributed by atoms with van der Waals surface area (Å²) in [7, 11) is 0. The first-order chi connectivity index (χ1) is 8.69. The average Bonchev–Trinajstić information content (AvgIpc) is 2.25. The molecule has 0 heterocycles. The average molecular weight is 274 g/mol. The number of carbonyl (C=O) groups is 3. The van der Waals surface area contributed by atoms with E-state index in [1.807, 2.05) is 0 Å². The van der Waals surface area contributed by atoms with Crippen LogP contribution >= 0.6 is 0 Å². The van der Waals surface area contributed by atoms with Crippen molar-refractivity contribution in [3.05, 3.63) is 0 Å². The van der Waals surface area contributed by atoms with Crippen molar-refractivity contribution in [1.29, 1.82) is 0 Å². The number of hydroxylamine groups is 2. The Morgan fingerprint density at radius 1 is 1.37 bits per heavy atom. The number of carbonyl (C=O) groups excluding carboxylic acids is 3. The number of nitrogens with two attached hydrogens (primary N) is 1. The molecule has 0 saturated heterocycles. The minimum Gasteiger partial charge on any atom is -0.393 e. The van der Waals surface area contributed by atoms with Crippen LogP contribution in [-0.2, 0) is 24.0 Å². The maximum atomic E-state index is 11.5. The first-order valence-electron chi connectivity index (χ1n) is 6.03. The smallest absolute Gasteiger partial charge is 0.317 e. The van der Waals surface area contributed by atoms with E-state index >= 15 is 0 Å². The second-order valence-corrected chi connectivity index (χ2v) is 5.08. The van der Waals surface area contributed by atoms with Crippen molar-refractivity contribution in [3.8, 4) is 0 Å². The standard InChI is InChI=1S/C12H22N2O5/c1-9(16)18-11(17)10(7-13)5-6-14(8-15)19-12(2,3)4/h8,10H,5-7,13H2,1-4H3. The van der Waals surface area contributed by atoms with Crippen LogP contribution in [0.15, 0.2) is 0 Å². The van der Waals surface area contributed by atoms with E-state index in [2.05, 4.69) is 4.74 Å². The van der Waals surface area contributed by atoms with Gasteiger partial charge in [-0.05, 0) is 27.2 Å². The highest BCUT2D eigenvalue weighted by molar-refractivity contribution is 5.85. The lowest BCUT2D eigenvalue weighted by atomic mass is 10.1. The zero-order valence-corrected chi connectivity index (χ0v) is 11.8. The predicted molar refractivity (Wildman–Crippen MR) is 67.5 cm³/mol. The normalized spacial score (nSPS) is 12.7. The van der Waals surface area contributed by atoms with E-state index in [0.717, 1.165) is 12.0 Å². The zero-order chi connectivity index (χ0) is 15.1. The molecule has 0 aliphatic rings. The van der Waals surface area contributed by atoms with Crippen LogP contribution in [0.25, 0.3) is 0 Å². The maximum absolute atomic E-state index is 11.5. The number of ether oxygens (including phenoxy) is 1. The second-order valence-electron chi connectivity index (χ2n) is 5.08. The van der Waals surface area contributed by atoms with E-state index in [1.165, 1.54) is 0 Å².